The molecule has 25 heavy (non-hydrogen) atoms. The van der Waals surface area contributed by atoms with Crippen LogP contribution in [0.5, 0.6) is 0 Å². The Morgan fingerprint density at radius 2 is 1.80 bits per heavy atom. The molecule has 0 radical (unpaired) electrons. The van der Waals surface area contributed by atoms with Crippen LogP contribution in [0.2, 0.25) is 0 Å². The van der Waals surface area contributed by atoms with Gasteiger partial charge in [-0.15, -0.1) is 0 Å². The van der Waals surface area contributed by atoms with Crippen molar-refractivity contribution in [1.29, 1.82) is 0 Å². The lowest BCUT2D eigenvalue weighted by atomic mass is 9.76. The first-order valence-electron chi connectivity index (χ1n) is 8.36. The lowest BCUT2D eigenvalue weighted by molar-refractivity contribution is 0.0904. The predicted molar refractivity (Wildman–Crippen MR) is 93.7 cm³/mol. The van der Waals surface area contributed by atoms with Crippen LogP contribution < -0.4 is 5.32 Å². The van der Waals surface area contributed by atoms with Gasteiger partial charge in [0.25, 0.3) is 5.91 Å². The van der Waals surface area contributed by atoms with Gasteiger partial charge in [0.1, 0.15) is 11.5 Å². The maximum Gasteiger partial charge on any atom is 0.269 e. The van der Waals surface area contributed by atoms with Crippen molar-refractivity contribution in [3.63, 3.8) is 0 Å². The molecule has 0 unspecified atom stereocenters. The van der Waals surface area contributed by atoms with Crippen molar-refractivity contribution >= 4 is 5.91 Å². The third kappa shape index (κ3) is 3.31. The van der Waals surface area contributed by atoms with Crippen LogP contribution in [-0.2, 0) is 0 Å². The Morgan fingerprint density at radius 3 is 2.52 bits per heavy atom. The minimum absolute atomic E-state index is 0.155. The Labute approximate surface area is 145 Å². The second kappa shape index (κ2) is 6.51. The molecule has 1 fully saturated rings. The smallest absolute Gasteiger partial charge is 0.269 e. The van der Waals surface area contributed by atoms with Gasteiger partial charge in [0, 0.05) is 11.6 Å². The summed E-state index contributed by atoms with van der Waals surface area (Å²) >= 11 is 0. The first kappa shape index (κ1) is 15.6. The van der Waals surface area contributed by atoms with Crippen molar-refractivity contribution in [3.05, 3.63) is 77.7 Å². The van der Waals surface area contributed by atoms with Gasteiger partial charge in [-0.2, -0.15) is 5.10 Å². The number of carbonyl (C=O) groups is 1. The van der Waals surface area contributed by atoms with Crippen LogP contribution in [0, 0.1) is 5.82 Å². The Morgan fingerprint density at radius 1 is 1.08 bits per heavy atom. The van der Waals surface area contributed by atoms with Crippen LogP contribution in [0.3, 0.4) is 0 Å². The Kier molecular flexibility index (Phi) is 4.06. The van der Waals surface area contributed by atoms with Crippen molar-refractivity contribution in [1.82, 2.24) is 15.5 Å². The zero-order valence-corrected chi connectivity index (χ0v) is 13.6. The summed E-state index contributed by atoms with van der Waals surface area (Å²) in [5.41, 5.74) is 3.14. The number of H-pyrrole nitrogens is 1. The number of benzene rings is 2. The number of aromatic amines is 1. The second-order valence-corrected chi connectivity index (χ2v) is 6.42. The summed E-state index contributed by atoms with van der Waals surface area (Å²) in [7, 11) is 0. The van der Waals surface area contributed by atoms with Crippen LogP contribution in [0.15, 0.2) is 60.7 Å². The molecule has 2 aromatic carbocycles. The summed E-state index contributed by atoms with van der Waals surface area (Å²) in [5.74, 6) is 0.0654. The highest BCUT2D eigenvalue weighted by Gasteiger charge is 2.31. The van der Waals surface area contributed by atoms with Gasteiger partial charge in [0.05, 0.1) is 5.69 Å². The van der Waals surface area contributed by atoms with E-state index < -0.39 is 0 Å². The molecular weight excluding hydrogens is 317 g/mol. The van der Waals surface area contributed by atoms with Crippen molar-refractivity contribution in [2.45, 2.75) is 24.8 Å². The fraction of sp³-hybridized carbons (Fsp3) is 0.200. The molecule has 0 saturated heterocycles. The van der Waals surface area contributed by atoms with E-state index in [4.69, 9.17) is 0 Å². The van der Waals surface area contributed by atoms with Gasteiger partial charge in [-0.1, -0.05) is 30.3 Å². The van der Waals surface area contributed by atoms with Gasteiger partial charge < -0.3 is 5.32 Å². The molecule has 1 amide bonds. The minimum Gasteiger partial charge on any atom is -0.348 e. The van der Waals surface area contributed by atoms with Crippen molar-refractivity contribution < 1.29 is 9.18 Å². The molecule has 1 aromatic heterocycles. The normalized spacial score (nSPS) is 19.2. The molecule has 3 aromatic rings. The lowest BCUT2D eigenvalue weighted by Crippen LogP contribution is -2.43. The molecule has 126 valence electrons. The molecule has 1 heterocycles. The second-order valence-electron chi connectivity index (χ2n) is 6.42. The maximum atomic E-state index is 13.0. The summed E-state index contributed by atoms with van der Waals surface area (Å²) < 4.78 is 13.0. The SMILES string of the molecule is O=C(NC1CC(c2ccccc2)C1)c1cc(-c2ccc(F)cc2)n[nH]1. The summed E-state index contributed by atoms with van der Waals surface area (Å²) in [5, 5.41) is 9.94. The molecule has 0 bridgehead atoms. The third-order valence-electron chi connectivity index (χ3n) is 4.71. The monoisotopic (exact) mass is 335 g/mol. The number of amides is 1. The van der Waals surface area contributed by atoms with E-state index in [1.807, 2.05) is 18.2 Å². The highest BCUT2D eigenvalue weighted by atomic mass is 19.1. The van der Waals surface area contributed by atoms with Gasteiger partial charge in [-0.05, 0) is 54.7 Å². The summed E-state index contributed by atoms with van der Waals surface area (Å²) in [6.07, 6.45) is 1.91. The van der Waals surface area contributed by atoms with Crippen LogP contribution in [0.25, 0.3) is 11.3 Å². The number of nitrogens with one attached hydrogen (secondary N) is 2. The minimum atomic E-state index is -0.296. The molecule has 4 rings (SSSR count). The first-order valence-corrected chi connectivity index (χ1v) is 8.36. The molecule has 1 saturated carbocycles. The standard InChI is InChI=1S/C20H18FN3O/c21-16-8-6-14(7-9-16)18-12-19(24-23-18)20(25)22-17-10-15(11-17)13-4-2-1-3-5-13/h1-9,12,15,17H,10-11H2,(H,22,25)(H,23,24). The average molecular weight is 335 g/mol. The number of carbonyl (C=O) groups excluding carboxylic acids is 1. The Balaban J connectivity index is 1.36. The summed E-state index contributed by atoms with van der Waals surface area (Å²) in [4.78, 5) is 12.3. The van der Waals surface area contributed by atoms with E-state index in [-0.39, 0.29) is 17.8 Å². The van der Waals surface area contributed by atoms with E-state index in [0.29, 0.717) is 17.3 Å². The van der Waals surface area contributed by atoms with E-state index in [1.165, 1.54) is 17.7 Å². The van der Waals surface area contributed by atoms with Gasteiger partial charge in [-0.3, -0.25) is 9.89 Å². The number of halogens is 1. The van der Waals surface area contributed by atoms with Gasteiger partial charge in [0.2, 0.25) is 0 Å². The van der Waals surface area contributed by atoms with Crippen molar-refractivity contribution in [3.8, 4) is 11.3 Å². The molecule has 0 spiro atoms. The first-order chi connectivity index (χ1) is 12.2. The quantitative estimate of drug-likeness (QED) is 0.760. The van der Waals surface area contributed by atoms with Crippen molar-refractivity contribution in [2.24, 2.45) is 0 Å². The fourth-order valence-electron chi connectivity index (χ4n) is 3.20. The zero-order chi connectivity index (χ0) is 17.2. The van der Waals surface area contributed by atoms with E-state index in [9.17, 15) is 9.18 Å². The molecule has 4 nitrogen and oxygen atoms in total. The fourth-order valence-corrected chi connectivity index (χ4v) is 3.20. The molecule has 0 aliphatic heterocycles. The van der Waals surface area contributed by atoms with Crippen LogP contribution in [0.1, 0.15) is 34.8 Å². The lowest BCUT2D eigenvalue weighted by Gasteiger charge is -2.36. The molecule has 0 atom stereocenters. The molecular formula is C20H18FN3O. The van der Waals surface area contributed by atoms with Gasteiger partial charge in [0.15, 0.2) is 0 Å². The maximum absolute atomic E-state index is 13.0. The van der Waals surface area contributed by atoms with Crippen LogP contribution >= 0.6 is 0 Å². The number of rotatable bonds is 4. The number of aromatic nitrogens is 2. The molecule has 2 N–H and O–H groups in total. The number of hydrogen-bond acceptors (Lipinski definition) is 2. The average Bonchev–Trinajstić information content (AvgIpc) is 3.09. The predicted octanol–water partition coefficient (Wildman–Crippen LogP) is 3.89. The topological polar surface area (TPSA) is 57.8 Å². The molecule has 1 aliphatic carbocycles. The molecule has 5 heteroatoms. The number of hydrogen-bond donors (Lipinski definition) is 2. The van der Waals surface area contributed by atoms with E-state index in [0.717, 1.165) is 18.4 Å². The zero-order valence-electron chi connectivity index (χ0n) is 13.6. The highest BCUT2D eigenvalue weighted by Crippen LogP contribution is 2.36. The van der Waals surface area contributed by atoms with E-state index in [2.05, 4.69) is 27.6 Å². The third-order valence-corrected chi connectivity index (χ3v) is 4.71. The Bertz CT molecular complexity index is 867. The molecule has 1 aliphatic rings. The summed E-state index contributed by atoms with van der Waals surface area (Å²) in [6, 6.07) is 18.3. The van der Waals surface area contributed by atoms with Crippen LogP contribution in [0.4, 0.5) is 4.39 Å². The van der Waals surface area contributed by atoms with Gasteiger partial charge >= 0.3 is 0 Å². The highest BCUT2D eigenvalue weighted by molar-refractivity contribution is 5.93. The summed E-state index contributed by atoms with van der Waals surface area (Å²) in [6.45, 7) is 0. The number of nitrogens with zero attached hydrogens (tertiary/aromatic N) is 1. The largest absolute Gasteiger partial charge is 0.348 e. The van der Waals surface area contributed by atoms with Crippen LogP contribution in [-0.4, -0.2) is 22.1 Å². The van der Waals surface area contributed by atoms with E-state index in [1.54, 1.807) is 18.2 Å². The van der Waals surface area contributed by atoms with Gasteiger partial charge in [-0.25, -0.2) is 4.39 Å². The van der Waals surface area contributed by atoms with E-state index >= 15 is 0 Å². The Hall–Kier alpha value is -2.95. The van der Waals surface area contributed by atoms with Crippen molar-refractivity contribution in [2.75, 3.05) is 0 Å².